The van der Waals surface area contributed by atoms with Gasteiger partial charge in [0, 0.05) is 43.5 Å². The maximum Gasteiger partial charge on any atom is 0.421 e. The summed E-state index contributed by atoms with van der Waals surface area (Å²) in [6.07, 6.45) is 2.79. The number of hydrogen-bond acceptors (Lipinski definition) is 11. The summed E-state index contributed by atoms with van der Waals surface area (Å²) in [4.78, 5) is 48.9. The fourth-order valence-corrected chi connectivity index (χ4v) is 6.07. The summed E-state index contributed by atoms with van der Waals surface area (Å²) in [5.74, 6) is 0.131. The number of fused-ring (bicyclic) bond motifs is 1. The molecule has 0 spiro atoms. The molecule has 0 aliphatic rings. The highest BCUT2D eigenvalue weighted by atomic mass is 32.2. The maximum absolute atomic E-state index is 13.8. The van der Waals surface area contributed by atoms with Gasteiger partial charge in [0.05, 0.1) is 22.1 Å². The van der Waals surface area contributed by atoms with Crippen LogP contribution in [-0.2, 0) is 31.4 Å². The van der Waals surface area contributed by atoms with Gasteiger partial charge in [-0.3, -0.25) is 9.48 Å². The molecule has 2 aromatic carbocycles. The molecule has 262 valence electrons. The van der Waals surface area contributed by atoms with Crippen LogP contribution in [0.3, 0.4) is 0 Å². The Balaban J connectivity index is 1.56. The Kier molecular flexibility index (Phi) is 12.0. The Labute approximate surface area is 285 Å². The van der Waals surface area contributed by atoms with Gasteiger partial charge >= 0.3 is 6.09 Å². The number of aromatic nitrogens is 4. The fraction of sp³-hybridized carbons (Fsp3) is 0.394. The van der Waals surface area contributed by atoms with Crippen molar-refractivity contribution >= 4 is 62.4 Å². The van der Waals surface area contributed by atoms with Crippen molar-refractivity contribution in [2.24, 2.45) is 17.9 Å². The minimum Gasteiger partial charge on any atom is -0.446 e. The lowest BCUT2D eigenvalue weighted by Gasteiger charge is -2.25. The highest BCUT2D eigenvalue weighted by Gasteiger charge is 2.27. The van der Waals surface area contributed by atoms with Crippen LogP contribution in [0.4, 0.5) is 27.9 Å². The molecule has 0 radical (unpaired) electrons. The number of rotatable bonds is 15. The van der Waals surface area contributed by atoms with Gasteiger partial charge in [0.1, 0.15) is 18.2 Å². The lowest BCUT2D eigenvalue weighted by atomic mass is 10.1. The molecule has 49 heavy (non-hydrogen) atoms. The highest BCUT2D eigenvalue weighted by Crippen LogP contribution is 2.31. The first-order chi connectivity index (χ1) is 23.2. The number of aryl methyl sites for hydroxylation is 3. The van der Waals surface area contributed by atoms with Crippen LogP contribution in [0.2, 0.25) is 0 Å². The average molecular weight is 694 g/mol. The van der Waals surface area contributed by atoms with E-state index in [1.165, 1.54) is 18.3 Å². The third kappa shape index (κ3) is 9.16. The first-order valence-electron chi connectivity index (χ1n) is 15.8. The summed E-state index contributed by atoms with van der Waals surface area (Å²) in [5.41, 5.74) is 8.64. The Morgan fingerprint density at radius 3 is 2.51 bits per heavy atom. The topological polar surface area (TPSA) is 209 Å². The number of nitrogens with zero attached hydrogens (tertiary/aromatic N) is 6. The van der Waals surface area contributed by atoms with Crippen molar-refractivity contribution in [1.29, 1.82) is 0 Å². The third-order valence-corrected chi connectivity index (χ3v) is 9.20. The molecule has 2 atom stereocenters. The molecule has 2 amide bonds. The summed E-state index contributed by atoms with van der Waals surface area (Å²) >= 11 is 0. The van der Waals surface area contributed by atoms with Crippen molar-refractivity contribution < 1.29 is 27.5 Å². The number of unbranched alkanes of at least 4 members (excludes halogenated alkanes) is 1. The molecule has 0 saturated carbocycles. The van der Waals surface area contributed by atoms with Crippen LogP contribution in [0.25, 0.3) is 10.9 Å². The molecular weight excluding hydrogens is 650 g/mol. The molecule has 16 heteroatoms. The van der Waals surface area contributed by atoms with E-state index in [2.05, 4.69) is 20.4 Å². The minimum absolute atomic E-state index is 0.0561. The molecule has 1 unspecified atom stereocenters. The number of anilines is 4. The van der Waals surface area contributed by atoms with Crippen LogP contribution in [0.15, 0.2) is 53.6 Å². The number of carbonyl (C=O) groups excluding carboxylic acids is 3. The van der Waals surface area contributed by atoms with Crippen molar-refractivity contribution in [2.45, 2.75) is 69.9 Å². The maximum atomic E-state index is 13.8. The summed E-state index contributed by atoms with van der Waals surface area (Å²) in [6, 6.07) is 11.3. The zero-order valence-electron chi connectivity index (χ0n) is 28.3. The van der Waals surface area contributed by atoms with Crippen LogP contribution >= 0.6 is 0 Å². The van der Waals surface area contributed by atoms with Crippen molar-refractivity contribution in [3.05, 3.63) is 59.9 Å². The minimum atomic E-state index is -4.13. The van der Waals surface area contributed by atoms with Gasteiger partial charge in [0.25, 0.3) is 0 Å². The van der Waals surface area contributed by atoms with E-state index in [9.17, 15) is 22.8 Å². The van der Waals surface area contributed by atoms with Gasteiger partial charge in [-0.15, -0.1) is 0 Å². The molecule has 0 fully saturated rings. The van der Waals surface area contributed by atoms with Crippen LogP contribution in [-0.4, -0.2) is 72.2 Å². The molecule has 2 aromatic heterocycles. The van der Waals surface area contributed by atoms with Gasteiger partial charge in [0.2, 0.25) is 21.9 Å². The summed E-state index contributed by atoms with van der Waals surface area (Å²) in [6.45, 7) is 5.58. The van der Waals surface area contributed by atoms with Gasteiger partial charge in [-0.05, 0) is 95.0 Å². The number of amides is 2. The number of carbonyl (C=O) groups is 3. The van der Waals surface area contributed by atoms with E-state index in [-0.39, 0.29) is 35.4 Å². The largest absolute Gasteiger partial charge is 0.446 e. The number of nitrogens with one attached hydrogen (secondary N) is 1. The van der Waals surface area contributed by atoms with E-state index in [1.54, 1.807) is 26.0 Å². The number of primary sulfonamides is 1. The average Bonchev–Trinajstić information content (AvgIpc) is 3.34. The molecule has 0 aliphatic heterocycles. The summed E-state index contributed by atoms with van der Waals surface area (Å²) in [5, 5.41) is 13.7. The third-order valence-electron chi connectivity index (χ3n) is 8.15. The van der Waals surface area contributed by atoms with Gasteiger partial charge in [0.15, 0.2) is 0 Å². The monoisotopic (exact) mass is 693 g/mol. The molecule has 4 rings (SSSR count). The Morgan fingerprint density at radius 2 is 1.82 bits per heavy atom. The molecule has 2 heterocycles. The standard InChI is InChI=1S/C33H43N9O6S/c1-21-10-11-26(19-29(21)49(35,46)47)42(33(45)48-22(2)8-6-7-9-31(44)37-24(20-43)14-16-34)32-36-17-15-30(38-32)40(4)25-12-13-27-23(3)41(5)39-28(27)18-25/h10-13,15,17-20,22,24H,6-9,14,16,34H2,1-5H3,(H,37,44)(H2,35,46,47)/t22?,24-/m0/s1. The number of hydrogen-bond donors (Lipinski definition) is 3. The fourth-order valence-electron chi connectivity index (χ4n) is 5.27. The van der Waals surface area contributed by atoms with E-state index >= 15 is 0 Å². The number of ether oxygens (including phenoxy) is 1. The number of benzene rings is 2. The van der Waals surface area contributed by atoms with E-state index in [0.717, 1.165) is 27.2 Å². The van der Waals surface area contributed by atoms with Crippen LogP contribution in [0, 0.1) is 13.8 Å². The predicted molar refractivity (Wildman–Crippen MR) is 186 cm³/mol. The first-order valence-corrected chi connectivity index (χ1v) is 17.4. The van der Waals surface area contributed by atoms with Crippen molar-refractivity contribution in [1.82, 2.24) is 25.1 Å². The molecule has 4 aromatic rings. The van der Waals surface area contributed by atoms with Crippen molar-refractivity contribution in [2.75, 3.05) is 23.4 Å². The highest BCUT2D eigenvalue weighted by molar-refractivity contribution is 7.89. The van der Waals surface area contributed by atoms with Crippen LogP contribution in [0.5, 0.6) is 0 Å². The Bertz CT molecular complexity index is 1930. The Morgan fingerprint density at radius 1 is 1.08 bits per heavy atom. The van der Waals surface area contributed by atoms with Gasteiger partial charge in [-0.25, -0.2) is 28.2 Å². The molecular formula is C33H43N9O6S. The summed E-state index contributed by atoms with van der Waals surface area (Å²) in [7, 11) is -0.429. The number of sulfonamides is 1. The smallest absolute Gasteiger partial charge is 0.421 e. The van der Waals surface area contributed by atoms with E-state index in [1.807, 2.05) is 48.8 Å². The molecule has 0 aliphatic carbocycles. The van der Waals surface area contributed by atoms with Gasteiger partial charge < -0.3 is 25.5 Å². The zero-order chi connectivity index (χ0) is 35.9. The second-order valence-electron chi connectivity index (χ2n) is 11.8. The van der Waals surface area contributed by atoms with Crippen LogP contribution < -0.4 is 26.0 Å². The molecule has 0 saturated heterocycles. The molecule has 0 bridgehead atoms. The van der Waals surface area contributed by atoms with E-state index in [0.29, 0.717) is 43.4 Å². The zero-order valence-corrected chi connectivity index (χ0v) is 29.1. The lowest BCUT2D eigenvalue weighted by molar-refractivity contribution is -0.124. The Hall–Kier alpha value is -4.93. The second kappa shape index (κ2) is 16.0. The lowest BCUT2D eigenvalue weighted by Crippen LogP contribution is -2.37. The second-order valence-corrected chi connectivity index (χ2v) is 13.4. The normalized spacial score (nSPS) is 12.7. The number of nitrogens with two attached hydrogens (primary N) is 2. The first kappa shape index (κ1) is 36.9. The van der Waals surface area contributed by atoms with Gasteiger partial charge in [-0.2, -0.15) is 10.1 Å². The van der Waals surface area contributed by atoms with Crippen molar-refractivity contribution in [3.63, 3.8) is 0 Å². The van der Waals surface area contributed by atoms with Crippen LogP contribution in [0.1, 0.15) is 50.3 Å². The van der Waals surface area contributed by atoms with E-state index < -0.39 is 28.3 Å². The number of aldehydes is 1. The molecule has 5 N–H and O–H groups in total. The SMILES string of the molecule is Cc1ccc(N(C(=O)OC(C)CCCCC(=O)N[C@H](C=O)CCN)c2nccc(N(C)c3ccc4c(C)n(C)nc4c3)n2)cc1S(N)(=O)=O. The summed E-state index contributed by atoms with van der Waals surface area (Å²) < 4.78 is 32.4. The molecule has 15 nitrogen and oxygen atoms in total. The van der Waals surface area contributed by atoms with E-state index in [4.69, 9.17) is 15.6 Å². The van der Waals surface area contributed by atoms with Crippen molar-refractivity contribution in [3.8, 4) is 0 Å². The predicted octanol–water partition coefficient (Wildman–Crippen LogP) is 3.65. The quantitative estimate of drug-likeness (QED) is 0.121. The van der Waals surface area contributed by atoms with Gasteiger partial charge in [-0.1, -0.05) is 6.07 Å².